The average Bonchev–Trinajstić information content (AvgIpc) is 2.85. The molecule has 2 aliphatic rings. The van der Waals surface area contributed by atoms with Gasteiger partial charge in [-0.15, -0.1) is 0 Å². The zero-order valence-corrected chi connectivity index (χ0v) is 20.1. The molecular formula is C26H27F2N5O2. The summed E-state index contributed by atoms with van der Waals surface area (Å²) in [7, 11) is 1.68. The molecular weight excluding hydrogens is 452 g/mol. The fourth-order valence-electron chi connectivity index (χ4n) is 5.27. The first-order valence-electron chi connectivity index (χ1n) is 11.7. The second kappa shape index (κ2) is 8.31. The van der Waals surface area contributed by atoms with E-state index < -0.39 is 5.92 Å². The van der Waals surface area contributed by atoms with Crippen LogP contribution in [0.25, 0.3) is 11.0 Å². The number of anilines is 1. The van der Waals surface area contributed by atoms with Crippen LogP contribution >= 0.6 is 0 Å². The van der Waals surface area contributed by atoms with Crippen LogP contribution in [0.1, 0.15) is 43.6 Å². The Balaban J connectivity index is 1.49. The van der Waals surface area contributed by atoms with Gasteiger partial charge in [0.25, 0.3) is 11.5 Å². The average molecular weight is 480 g/mol. The van der Waals surface area contributed by atoms with Crippen molar-refractivity contribution in [3.8, 4) is 11.8 Å². The lowest BCUT2D eigenvalue weighted by molar-refractivity contribution is 0.0174. The summed E-state index contributed by atoms with van der Waals surface area (Å²) in [5, 5.41) is 9.39. The normalized spacial score (nSPS) is 21.1. The third-order valence-electron chi connectivity index (χ3n) is 7.28. The van der Waals surface area contributed by atoms with Crippen molar-refractivity contribution >= 4 is 16.7 Å². The van der Waals surface area contributed by atoms with E-state index in [0.717, 1.165) is 12.5 Å². The van der Waals surface area contributed by atoms with Crippen LogP contribution in [0.3, 0.4) is 0 Å². The number of aromatic nitrogens is 2. The number of rotatable bonds is 3. The molecule has 0 radical (unpaired) electrons. The maximum atomic E-state index is 13.6. The molecule has 0 spiro atoms. The predicted octanol–water partition coefficient (Wildman–Crippen LogP) is 3.95. The molecule has 2 aromatic heterocycles. The summed E-state index contributed by atoms with van der Waals surface area (Å²) in [4.78, 5) is 22.1. The first-order chi connectivity index (χ1) is 16.6. The zero-order chi connectivity index (χ0) is 25.1. The van der Waals surface area contributed by atoms with Gasteiger partial charge in [-0.3, -0.25) is 9.69 Å². The zero-order valence-electron chi connectivity index (χ0n) is 20.1. The molecule has 7 nitrogen and oxygen atoms in total. The van der Waals surface area contributed by atoms with Gasteiger partial charge in [0.15, 0.2) is 0 Å². The Labute approximate surface area is 202 Å². The Morgan fingerprint density at radius 1 is 1.20 bits per heavy atom. The highest BCUT2D eigenvalue weighted by Crippen LogP contribution is 2.40. The number of hydrogen-bond donors (Lipinski definition) is 0. The molecule has 35 heavy (non-hydrogen) atoms. The molecule has 1 saturated heterocycles. The third kappa shape index (κ3) is 3.82. The van der Waals surface area contributed by atoms with E-state index in [2.05, 4.69) is 34.7 Å². The lowest BCUT2D eigenvalue weighted by Crippen LogP contribution is -2.61. The highest BCUT2D eigenvalue weighted by atomic mass is 19.3. The largest absolute Gasteiger partial charge is 0.484 e. The number of piperazine rings is 1. The van der Waals surface area contributed by atoms with Gasteiger partial charge in [0.05, 0.1) is 11.6 Å². The number of fused-ring (bicyclic) bond motifs is 5. The van der Waals surface area contributed by atoms with E-state index >= 15 is 0 Å². The van der Waals surface area contributed by atoms with Crippen LogP contribution in [0, 0.1) is 11.3 Å². The maximum absolute atomic E-state index is 13.6. The fourth-order valence-corrected chi connectivity index (χ4v) is 5.27. The molecule has 0 bridgehead atoms. The number of alkyl halides is 2. The number of benzene rings is 1. The SMILES string of the molecule is CC(c1ccc(C(C)(F)F)cc1)N1C[C@H]2COc3c(c4nc(C#N)ccc4n(C)c3=O)N2C[C@H]1C. The quantitative estimate of drug-likeness (QED) is 0.566. The maximum Gasteiger partial charge on any atom is 0.295 e. The van der Waals surface area contributed by atoms with Gasteiger partial charge in [-0.1, -0.05) is 24.3 Å². The van der Waals surface area contributed by atoms with Crippen molar-refractivity contribution in [1.29, 1.82) is 5.26 Å². The van der Waals surface area contributed by atoms with Gasteiger partial charge < -0.3 is 14.2 Å². The first kappa shape index (κ1) is 23.2. The van der Waals surface area contributed by atoms with Gasteiger partial charge in [-0.25, -0.2) is 13.8 Å². The van der Waals surface area contributed by atoms with E-state index in [0.29, 0.717) is 36.4 Å². The number of nitriles is 1. The highest BCUT2D eigenvalue weighted by Gasteiger charge is 2.40. The van der Waals surface area contributed by atoms with Gasteiger partial charge >= 0.3 is 0 Å². The molecule has 0 saturated carbocycles. The van der Waals surface area contributed by atoms with E-state index in [-0.39, 0.29) is 40.7 Å². The summed E-state index contributed by atoms with van der Waals surface area (Å²) in [5.41, 5.74) is 2.89. The number of nitrogens with zero attached hydrogens (tertiary/aromatic N) is 5. The smallest absolute Gasteiger partial charge is 0.295 e. The van der Waals surface area contributed by atoms with E-state index in [4.69, 9.17) is 4.74 Å². The van der Waals surface area contributed by atoms with Gasteiger partial charge in [-0.2, -0.15) is 5.26 Å². The minimum absolute atomic E-state index is 0.00121. The molecule has 5 rings (SSSR count). The summed E-state index contributed by atoms with van der Waals surface area (Å²) in [6, 6.07) is 12.1. The number of ether oxygens (including phenoxy) is 1. The lowest BCUT2D eigenvalue weighted by atomic mass is 9.97. The molecule has 2 aliphatic heterocycles. The predicted molar refractivity (Wildman–Crippen MR) is 129 cm³/mol. The lowest BCUT2D eigenvalue weighted by Gasteiger charge is -2.50. The minimum Gasteiger partial charge on any atom is -0.484 e. The van der Waals surface area contributed by atoms with Crippen LogP contribution in [0.2, 0.25) is 0 Å². The Kier molecular flexibility index (Phi) is 5.52. The molecule has 3 atom stereocenters. The molecule has 0 aliphatic carbocycles. The molecule has 182 valence electrons. The second-order valence-corrected chi connectivity index (χ2v) is 9.57. The highest BCUT2D eigenvalue weighted by molar-refractivity contribution is 5.93. The summed E-state index contributed by atoms with van der Waals surface area (Å²) in [5.74, 6) is -2.60. The van der Waals surface area contributed by atoms with Crippen molar-refractivity contribution < 1.29 is 13.5 Å². The van der Waals surface area contributed by atoms with Crippen molar-refractivity contribution in [2.24, 2.45) is 7.05 Å². The number of pyridine rings is 2. The summed E-state index contributed by atoms with van der Waals surface area (Å²) in [6.45, 7) is 6.75. The molecule has 0 N–H and O–H groups in total. The van der Waals surface area contributed by atoms with Crippen LogP contribution in [0.15, 0.2) is 41.2 Å². The summed E-state index contributed by atoms with van der Waals surface area (Å²) >= 11 is 0. The number of aryl methyl sites for hydroxylation is 1. The first-order valence-corrected chi connectivity index (χ1v) is 11.7. The van der Waals surface area contributed by atoms with Gasteiger partial charge in [0.2, 0.25) is 5.75 Å². The van der Waals surface area contributed by atoms with Crippen LogP contribution in [-0.4, -0.2) is 46.2 Å². The third-order valence-corrected chi connectivity index (χ3v) is 7.28. The Morgan fingerprint density at radius 3 is 2.57 bits per heavy atom. The van der Waals surface area contributed by atoms with Gasteiger partial charge in [0.1, 0.15) is 29.6 Å². The molecule has 3 aromatic rings. The minimum atomic E-state index is -2.87. The second-order valence-electron chi connectivity index (χ2n) is 9.57. The summed E-state index contributed by atoms with van der Waals surface area (Å²) in [6.07, 6.45) is 0. The monoisotopic (exact) mass is 479 g/mol. The molecule has 4 heterocycles. The number of hydrogen-bond acceptors (Lipinski definition) is 6. The van der Waals surface area contributed by atoms with E-state index in [1.165, 1.54) is 16.7 Å². The standard InChI is InChI=1S/C26H27F2N5O2/c1-15-12-33-20(13-32(15)16(2)17-5-7-18(8-6-17)26(3,27)28)14-35-24-23(33)22-21(31(4)25(24)34)10-9-19(11-29)30-22/h5-10,15-16,20H,12-14H2,1-4H3/t15-,16?,20+/m1/s1. The molecule has 1 fully saturated rings. The van der Waals surface area contributed by atoms with Crippen molar-refractivity contribution in [3.63, 3.8) is 0 Å². The van der Waals surface area contributed by atoms with Crippen LogP contribution in [-0.2, 0) is 13.0 Å². The van der Waals surface area contributed by atoms with E-state index in [9.17, 15) is 18.8 Å². The van der Waals surface area contributed by atoms with Gasteiger partial charge in [0, 0.05) is 44.7 Å². The van der Waals surface area contributed by atoms with Crippen LogP contribution < -0.4 is 15.2 Å². The van der Waals surface area contributed by atoms with E-state index in [1.54, 1.807) is 31.3 Å². The van der Waals surface area contributed by atoms with Crippen molar-refractivity contribution in [2.45, 2.75) is 44.8 Å². The molecule has 1 aromatic carbocycles. The van der Waals surface area contributed by atoms with Gasteiger partial charge in [-0.05, 0) is 31.5 Å². The molecule has 1 unspecified atom stereocenters. The summed E-state index contributed by atoms with van der Waals surface area (Å²) < 4.78 is 34.8. The Morgan fingerprint density at radius 2 is 1.91 bits per heavy atom. The van der Waals surface area contributed by atoms with Crippen molar-refractivity contribution in [2.75, 3.05) is 24.6 Å². The Bertz CT molecular complexity index is 1390. The van der Waals surface area contributed by atoms with Crippen molar-refractivity contribution in [1.82, 2.24) is 14.5 Å². The number of halogens is 2. The van der Waals surface area contributed by atoms with Crippen LogP contribution in [0.5, 0.6) is 5.75 Å². The van der Waals surface area contributed by atoms with Crippen molar-refractivity contribution in [3.05, 3.63) is 63.6 Å². The Hall–Kier alpha value is -3.51. The van der Waals surface area contributed by atoms with E-state index in [1.807, 2.05) is 0 Å². The molecule has 9 heteroatoms. The topological polar surface area (TPSA) is 74.4 Å². The fraction of sp³-hybridized carbons (Fsp3) is 0.423. The molecule has 0 amide bonds. The van der Waals surface area contributed by atoms with Crippen LogP contribution in [0.4, 0.5) is 14.5 Å².